The Bertz CT molecular complexity index is 817. The van der Waals surface area contributed by atoms with Gasteiger partial charge >= 0.3 is 6.03 Å². The van der Waals surface area contributed by atoms with Gasteiger partial charge in [-0.2, -0.15) is 0 Å². The molecule has 8 heteroatoms. The van der Waals surface area contributed by atoms with Gasteiger partial charge in [0.15, 0.2) is 0 Å². The quantitative estimate of drug-likeness (QED) is 0.610. The molecule has 8 nitrogen and oxygen atoms in total. The van der Waals surface area contributed by atoms with Crippen LogP contribution in [0.25, 0.3) is 0 Å². The predicted molar refractivity (Wildman–Crippen MR) is 107 cm³/mol. The Labute approximate surface area is 163 Å². The highest BCUT2D eigenvalue weighted by Gasteiger charge is 2.21. The summed E-state index contributed by atoms with van der Waals surface area (Å²) in [4.78, 5) is 26.8. The van der Waals surface area contributed by atoms with Crippen molar-refractivity contribution in [2.75, 3.05) is 38.1 Å². The van der Waals surface area contributed by atoms with E-state index in [-0.39, 0.29) is 11.7 Å². The van der Waals surface area contributed by atoms with Crippen LogP contribution in [-0.4, -0.2) is 53.5 Å². The van der Waals surface area contributed by atoms with Gasteiger partial charge in [-0.25, -0.2) is 4.79 Å². The number of urea groups is 1. The summed E-state index contributed by atoms with van der Waals surface area (Å²) in [5, 5.41) is 13.6. The van der Waals surface area contributed by atoms with Crippen molar-refractivity contribution in [3.63, 3.8) is 0 Å². The van der Waals surface area contributed by atoms with E-state index in [2.05, 4.69) is 22.3 Å². The molecule has 2 aromatic carbocycles. The van der Waals surface area contributed by atoms with Gasteiger partial charge in [-0.05, 0) is 30.7 Å². The lowest BCUT2D eigenvalue weighted by Crippen LogP contribution is -2.49. The number of anilines is 1. The SMILES string of the molecule is CCOc1ccc(CN2CCN(C(=O)Nc3cccc([N+](=O)[O-])c3)CC2)cc1. The van der Waals surface area contributed by atoms with Crippen molar-refractivity contribution in [1.82, 2.24) is 9.80 Å². The number of ether oxygens (including phenoxy) is 1. The number of carbonyl (C=O) groups is 1. The molecule has 0 aliphatic carbocycles. The van der Waals surface area contributed by atoms with Gasteiger partial charge < -0.3 is 15.0 Å². The Morgan fingerprint density at radius 2 is 1.86 bits per heavy atom. The number of non-ortho nitro benzene ring substituents is 1. The molecule has 1 aliphatic rings. The van der Waals surface area contributed by atoms with E-state index >= 15 is 0 Å². The van der Waals surface area contributed by atoms with E-state index in [9.17, 15) is 14.9 Å². The molecule has 0 radical (unpaired) electrons. The van der Waals surface area contributed by atoms with Crippen LogP contribution in [0.3, 0.4) is 0 Å². The van der Waals surface area contributed by atoms with Crippen molar-refractivity contribution < 1.29 is 14.5 Å². The normalized spacial score (nSPS) is 14.5. The maximum atomic E-state index is 12.4. The summed E-state index contributed by atoms with van der Waals surface area (Å²) in [5.74, 6) is 0.869. The molecule has 0 spiro atoms. The van der Waals surface area contributed by atoms with Gasteiger partial charge in [-0.1, -0.05) is 18.2 Å². The third-order valence-electron chi connectivity index (χ3n) is 4.61. The number of hydrogen-bond donors (Lipinski definition) is 1. The van der Waals surface area contributed by atoms with Gasteiger partial charge in [0, 0.05) is 50.5 Å². The smallest absolute Gasteiger partial charge is 0.321 e. The van der Waals surface area contributed by atoms with E-state index in [0.717, 1.165) is 25.4 Å². The van der Waals surface area contributed by atoms with E-state index < -0.39 is 4.92 Å². The fourth-order valence-electron chi connectivity index (χ4n) is 3.12. The van der Waals surface area contributed by atoms with Gasteiger partial charge in [0.2, 0.25) is 0 Å². The molecule has 2 aromatic rings. The van der Waals surface area contributed by atoms with Crippen molar-refractivity contribution in [2.45, 2.75) is 13.5 Å². The number of carbonyl (C=O) groups excluding carboxylic acids is 1. The molecule has 1 heterocycles. The molecule has 2 amide bonds. The third kappa shape index (κ3) is 5.20. The Hall–Kier alpha value is -3.13. The van der Waals surface area contributed by atoms with E-state index in [1.807, 2.05) is 19.1 Å². The Morgan fingerprint density at radius 1 is 1.14 bits per heavy atom. The van der Waals surface area contributed by atoms with Crippen LogP contribution >= 0.6 is 0 Å². The molecule has 1 N–H and O–H groups in total. The van der Waals surface area contributed by atoms with Gasteiger partial charge in [0.1, 0.15) is 5.75 Å². The van der Waals surface area contributed by atoms with Gasteiger partial charge in [0.05, 0.1) is 11.5 Å². The maximum Gasteiger partial charge on any atom is 0.321 e. The van der Waals surface area contributed by atoms with Crippen molar-refractivity contribution >= 4 is 17.4 Å². The first-order valence-corrected chi connectivity index (χ1v) is 9.29. The zero-order chi connectivity index (χ0) is 19.9. The topological polar surface area (TPSA) is 88.0 Å². The zero-order valence-electron chi connectivity index (χ0n) is 15.8. The molecule has 0 unspecified atom stereocenters. The van der Waals surface area contributed by atoms with E-state index in [1.54, 1.807) is 17.0 Å². The minimum Gasteiger partial charge on any atom is -0.494 e. The minimum absolute atomic E-state index is 0.0435. The monoisotopic (exact) mass is 384 g/mol. The van der Waals surface area contributed by atoms with Crippen molar-refractivity contribution in [1.29, 1.82) is 0 Å². The van der Waals surface area contributed by atoms with E-state index in [0.29, 0.717) is 25.4 Å². The molecular formula is C20H24N4O4. The summed E-state index contributed by atoms with van der Waals surface area (Å²) >= 11 is 0. The van der Waals surface area contributed by atoms with E-state index in [1.165, 1.54) is 17.7 Å². The molecule has 1 fully saturated rings. The first-order chi connectivity index (χ1) is 13.5. The van der Waals surface area contributed by atoms with Crippen molar-refractivity contribution in [2.24, 2.45) is 0 Å². The Kier molecular flexibility index (Phi) is 6.44. The summed E-state index contributed by atoms with van der Waals surface area (Å²) in [6, 6.07) is 13.8. The van der Waals surface area contributed by atoms with Crippen molar-refractivity contribution in [3.8, 4) is 5.75 Å². The molecule has 3 rings (SSSR count). The van der Waals surface area contributed by atoms with Gasteiger partial charge in [-0.15, -0.1) is 0 Å². The van der Waals surface area contributed by atoms with Crippen LogP contribution < -0.4 is 10.1 Å². The minimum atomic E-state index is -0.477. The predicted octanol–water partition coefficient (Wildman–Crippen LogP) is 3.34. The summed E-state index contributed by atoms with van der Waals surface area (Å²) in [7, 11) is 0. The van der Waals surface area contributed by atoms with Crippen LogP contribution in [0.1, 0.15) is 12.5 Å². The molecule has 1 aliphatic heterocycles. The van der Waals surface area contributed by atoms with Crippen LogP contribution in [0.15, 0.2) is 48.5 Å². The molecule has 28 heavy (non-hydrogen) atoms. The number of nitrogens with one attached hydrogen (secondary N) is 1. The lowest BCUT2D eigenvalue weighted by molar-refractivity contribution is -0.384. The fourth-order valence-corrected chi connectivity index (χ4v) is 3.12. The molecule has 0 saturated carbocycles. The molecular weight excluding hydrogens is 360 g/mol. The van der Waals surface area contributed by atoms with Crippen LogP contribution in [0.5, 0.6) is 5.75 Å². The molecule has 1 saturated heterocycles. The number of nitro benzene ring substituents is 1. The fraction of sp³-hybridized carbons (Fsp3) is 0.350. The molecule has 0 aromatic heterocycles. The van der Waals surface area contributed by atoms with Gasteiger partial charge in [0.25, 0.3) is 5.69 Å². The highest BCUT2D eigenvalue weighted by Crippen LogP contribution is 2.18. The number of benzene rings is 2. The van der Waals surface area contributed by atoms with Gasteiger partial charge in [-0.3, -0.25) is 15.0 Å². The summed E-state index contributed by atoms with van der Waals surface area (Å²) in [5.41, 5.74) is 1.59. The summed E-state index contributed by atoms with van der Waals surface area (Å²) in [6.45, 7) is 6.20. The average Bonchev–Trinajstić information content (AvgIpc) is 2.70. The number of hydrogen-bond acceptors (Lipinski definition) is 5. The largest absolute Gasteiger partial charge is 0.494 e. The van der Waals surface area contributed by atoms with Crippen molar-refractivity contribution in [3.05, 3.63) is 64.2 Å². The molecule has 0 bridgehead atoms. The second-order valence-corrected chi connectivity index (χ2v) is 6.58. The van der Waals surface area contributed by atoms with Crippen LogP contribution in [0.4, 0.5) is 16.2 Å². The number of nitro groups is 1. The zero-order valence-corrected chi connectivity index (χ0v) is 15.8. The van der Waals surface area contributed by atoms with Crippen LogP contribution in [-0.2, 0) is 6.54 Å². The maximum absolute atomic E-state index is 12.4. The molecule has 0 atom stereocenters. The standard InChI is InChI=1S/C20H24N4O4/c1-2-28-19-8-6-16(7-9-19)15-22-10-12-23(13-11-22)20(25)21-17-4-3-5-18(14-17)24(26)27/h3-9,14H,2,10-13,15H2,1H3,(H,21,25). The summed E-state index contributed by atoms with van der Waals surface area (Å²) in [6.07, 6.45) is 0. The molecule has 148 valence electrons. The lowest BCUT2D eigenvalue weighted by atomic mass is 10.2. The number of amides is 2. The number of piperazine rings is 1. The highest BCUT2D eigenvalue weighted by atomic mass is 16.6. The number of rotatable bonds is 6. The first kappa shape index (κ1) is 19.6. The lowest BCUT2D eigenvalue weighted by Gasteiger charge is -2.34. The highest BCUT2D eigenvalue weighted by molar-refractivity contribution is 5.89. The Balaban J connectivity index is 1.48. The third-order valence-corrected chi connectivity index (χ3v) is 4.61. The number of nitrogens with zero attached hydrogens (tertiary/aromatic N) is 3. The van der Waals surface area contributed by atoms with Crippen LogP contribution in [0.2, 0.25) is 0 Å². The first-order valence-electron chi connectivity index (χ1n) is 9.29. The second kappa shape index (κ2) is 9.18. The average molecular weight is 384 g/mol. The van der Waals surface area contributed by atoms with E-state index in [4.69, 9.17) is 4.74 Å². The van der Waals surface area contributed by atoms with Crippen LogP contribution in [0, 0.1) is 10.1 Å². The second-order valence-electron chi connectivity index (χ2n) is 6.58. The Morgan fingerprint density at radius 3 is 2.50 bits per heavy atom. The summed E-state index contributed by atoms with van der Waals surface area (Å²) < 4.78 is 5.46.